The standard InChI is InChI=1S/C28H29N3/c1-19-17-21(3)29-27(19)26(23-9-7-6-8-10-23)28-20(2)18-24(30-28)14-11-22-12-15-25(16-13-22)31(4)5/h6-18,29H,1-5H3/b14-11+,28-26+. The molecule has 0 unspecified atom stereocenters. The zero-order valence-electron chi connectivity index (χ0n) is 18.9. The van der Waals surface area contributed by atoms with E-state index in [0.717, 1.165) is 33.9 Å². The van der Waals surface area contributed by atoms with Crippen molar-refractivity contribution in [3.63, 3.8) is 0 Å². The van der Waals surface area contributed by atoms with Crippen LogP contribution in [0.3, 0.4) is 0 Å². The molecule has 0 bridgehead atoms. The Morgan fingerprint density at radius 1 is 0.903 bits per heavy atom. The molecule has 0 saturated heterocycles. The van der Waals surface area contributed by atoms with Gasteiger partial charge in [-0.15, -0.1) is 0 Å². The van der Waals surface area contributed by atoms with Crippen LogP contribution in [-0.2, 0) is 0 Å². The van der Waals surface area contributed by atoms with Crippen LogP contribution >= 0.6 is 0 Å². The molecule has 0 aliphatic carbocycles. The van der Waals surface area contributed by atoms with Crippen molar-refractivity contribution in [2.75, 3.05) is 19.0 Å². The van der Waals surface area contributed by atoms with E-state index >= 15 is 0 Å². The van der Waals surface area contributed by atoms with Crippen LogP contribution in [0.15, 0.2) is 89.1 Å². The number of rotatable bonds is 5. The molecule has 3 aromatic rings. The van der Waals surface area contributed by atoms with E-state index < -0.39 is 0 Å². The number of aryl methyl sites for hydroxylation is 2. The largest absolute Gasteiger partial charge is 0.378 e. The molecule has 2 heterocycles. The van der Waals surface area contributed by atoms with Gasteiger partial charge in [0.25, 0.3) is 0 Å². The molecule has 0 saturated carbocycles. The summed E-state index contributed by atoms with van der Waals surface area (Å²) in [6, 6.07) is 21.2. The van der Waals surface area contributed by atoms with Gasteiger partial charge in [-0.05, 0) is 73.4 Å². The SMILES string of the molecule is CC1=CC(/C=C/c2ccc(N(C)C)cc2)=NC/1=C(\c1ccccc1)c1[nH]c(C)cc1C. The fourth-order valence-corrected chi connectivity index (χ4v) is 3.94. The second-order valence-corrected chi connectivity index (χ2v) is 8.28. The van der Waals surface area contributed by atoms with E-state index in [4.69, 9.17) is 4.99 Å². The lowest BCUT2D eigenvalue weighted by Crippen LogP contribution is -2.07. The lowest BCUT2D eigenvalue weighted by Gasteiger charge is -2.12. The van der Waals surface area contributed by atoms with Gasteiger partial charge < -0.3 is 9.88 Å². The number of anilines is 1. The Bertz CT molecular complexity index is 1200. The molecule has 0 spiro atoms. The molecule has 0 radical (unpaired) electrons. The van der Waals surface area contributed by atoms with E-state index in [2.05, 4.69) is 124 Å². The van der Waals surface area contributed by atoms with Crippen molar-refractivity contribution < 1.29 is 0 Å². The minimum Gasteiger partial charge on any atom is -0.378 e. The highest BCUT2D eigenvalue weighted by atomic mass is 15.1. The van der Waals surface area contributed by atoms with E-state index in [1.54, 1.807) is 0 Å². The molecule has 1 N–H and O–H groups in total. The average molecular weight is 408 g/mol. The molecule has 1 aliphatic heterocycles. The first-order chi connectivity index (χ1) is 14.9. The molecular formula is C28H29N3. The lowest BCUT2D eigenvalue weighted by molar-refractivity contribution is 1.13. The fraction of sp³-hybridized carbons (Fsp3) is 0.179. The minimum absolute atomic E-state index is 0.971. The quantitative estimate of drug-likeness (QED) is 0.509. The molecule has 3 heteroatoms. The van der Waals surface area contributed by atoms with Crippen molar-refractivity contribution >= 4 is 23.0 Å². The van der Waals surface area contributed by atoms with Gasteiger partial charge in [0.05, 0.1) is 17.1 Å². The summed E-state index contributed by atoms with van der Waals surface area (Å²) in [5.74, 6) is 0. The topological polar surface area (TPSA) is 31.4 Å². The zero-order valence-corrected chi connectivity index (χ0v) is 18.9. The maximum Gasteiger partial charge on any atom is 0.0766 e. The highest BCUT2D eigenvalue weighted by molar-refractivity contribution is 6.11. The van der Waals surface area contributed by atoms with E-state index in [9.17, 15) is 0 Å². The Balaban J connectivity index is 1.74. The van der Waals surface area contributed by atoms with Crippen molar-refractivity contribution in [3.05, 3.63) is 112 Å². The summed E-state index contributed by atoms with van der Waals surface area (Å²) < 4.78 is 0. The van der Waals surface area contributed by atoms with Crippen LogP contribution in [-0.4, -0.2) is 24.8 Å². The van der Waals surface area contributed by atoms with Crippen molar-refractivity contribution in [1.29, 1.82) is 0 Å². The monoisotopic (exact) mass is 407 g/mol. The molecule has 4 rings (SSSR count). The summed E-state index contributed by atoms with van der Waals surface area (Å²) in [7, 11) is 4.11. The third kappa shape index (κ3) is 4.46. The number of allylic oxidation sites excluding steroid dienone is 3. The number of nitrogens with zero attached hydrogens (tertiary/aromatic N) is 2. The highest BCUT2D eigenvalue weighted by Crippen LogP contribution is 2.35. The van der Waals surface area contributed by atoms with Crippen LogP contribution in [0, 0.1) is 13.8 Å². The number of nitrogens with one attached hydrogen (secondary N) is 1. The van der Waals surface area contributed by atoms with Gasteiger partial charge in [-0.3, -0.25) is 0 Å². The third-order valence-corrected chi connectivity index (χ3v) is 5.53. The normalized spacial score (nSPS) is 15.3. The Morgan fingerprint density at radius 2 is 1.61 bits per heavy atom. The summed E-state index contributed by atoms with van der Waals surface area (Å²) in [4.78, 5) is 10.7. The predicted molar refractivity (Wildman–Crippen MR) is 134 cm³/mol. The van der Waals surface area contributed by atoms with E-state index in [1.807, 2.05) is 0 Å². The molecule has 2 aromatic carbocycles. The van der Waals surface area contributed by atoms with Gasteiger partial charge in [-0.1, -0.05) is 48.5 Å². The summed E-state index contributed by atoms with van der Waals surface area (Å²) >= 11 is 0. The molecule has 0 amide bonds. The maximum absolute atomic E-state index is 5.02. The van der Waals surface area contributed by atoms with Gasteiger partial charge >= 0.3 is 0 Å². The minimum atomic E-state index is 0.971. The first-order valence-corrected chi connectivity index (χ1v) is 10.6. The smallest absolute Gasteiger partial charge is 0.0766 e. The van der Waals surface area contributed by atoms with Crippen molar-refractivity contribution in [1.82, 2.24) is 4.98 Å². The molecular weight excluding hydrogens is 378 g/mol. The van der Waals surface area contributed by atoms with E-state index in [0.29, 0.717) is 0 Å². The Labute approximate surface area is 185 Å². The van der Waals surface area contributed by atoms with Crippen LogP contribution in [0.1, 0.15) is 35.0 Å². The molecule has 156 valence electrons. The third-order valence-electron chi connectivity index (χ3n) is 5.53. The molecule has 1 aliphatic rings. The summed E-state index contributed by atoms with van der Waals surface area (Å²) in [5.41, 5.74) is 11.4. The summed E-state index contributed by atoms with van der Waals surface area (Å²) in [6.07, 6.45) is 6.38. The van der Waals surface area contributed by atoms with E-state index in [-0.39, 0.29) is 0 Å². The molecule has 31 heavy (non-hydrogen) atoms. The fourth-order valence-electron chi connectivity index (χ4n) is 3.94. The van der Waals surface area contributed by atoms with Crippen molar-refractivity contribution in [2.45, 2.75) is 20.8 Å². The average Bonchev–Trinajstić information content (AvgIpc) is 3.29. The first kappa shape index (κ1) is 20.7. The predicted octanol–water partition coefficient (Wildman–Crippen LogP) is 6.57. The summed E-state index contributed by atoms with van der Waals surface area (Å²) in [5, 5.41) is 0. The number of benzene rings is 2. The molecule has 0 fully saturated rings. The Morgan fingerprint density at radius 3 is 2.23 bits per heavy atom. The molecule has 3 nitrogen and oxygen atoms in total. The molecule has 0 atom stereocenters. The van der Waals surface area contributed by atoms with Crippen LogP contribution in [0.4, 0.5) is 5.69 Å². The number of hydrogen-bond donors (Lipinski definition) is 1. The van der Waals surface area contributed by atoms with Crippen molar-refractivity contribution in [2.24, 2.45) is 4.99 Å². The number of aromatic nitrogens is 1. The van der Waals surface area contributed by atoms with Gasteiger partial charge in [0, 0.05) is 31.0 Å². The van der Waals surface area contributed by atoms with Crippen LogP contribution in [0.2, 0.25) is 0 Å². The Kier molecular flexibility index (Phi) is 5.77. The van der Waals surface area contributed by atoms with Crippen molar-refractivity contribution in [3.8, 4) is 0 Å². The number of hydrogen-bond acceptors (Lipinski definition) is 2. The number of aromatic amines is 1. The maximum atomic E-state index is 5.02. The highest BCUT2D eigenvalue weighted by Gasteiger charge is 2.20. The Hall–Kier alpha value is -3.59. The van der Waals surface area contributed by atoms with Gasteiger partial charge in [0.2, 0.25) is 0 Å². The number of H-pyrrole nitrogens is 1. The summed E-state index contributed by atoms with van der Waals surface area (Å²) in [6.45, 7) is 6.39. The van der Waals surface area contributed by atoms with Gasteiger partial charge in [-0.2, -0.15) is 0 Å². The number of aliphatic imine (C=N–C) groups is 1. The van der Waals surface area contributed by atoms with Crippen LogP contribution < -0.4 is 4.90 Å². The second-order valence-electron chi connectivity index (χ2n) is 8.28. The zero-order chi connectivity index (χ0) is 22.0. The molecule has 1 aromatic heterocycles. The first-order valence-electron chi connectivity index (χ1n) is 10.6. The lowest BCUT2D eigenvalue weighted by atomic mass is 9.96. The van der Waals surface area contributed by atoms with E-state index in [1.165, 1.54) is 22.4 Å². The second kappa shape index (κ2) is 8.65. The van der Waals surface area contributed by atoms with Crippen LogP contribution in [0.5, 0.6) is 0 Å². The van der Waals surface area contributed by atoms with Gasteiger partial charge in [0.15, 0.2) is 0 Å². The van der Waals surface area contributed by atoms with Gasteiger partial charge in [0.1, 0.15) is 0 Å². The van der Waals surface area contributed by atoms with Crippen LogP contribution in [0.25, 0.3) is 11.6 Å². The van der Waals surface area contributed by atoms with Gasteiger partial charge in [-0.25, -0.2) is 4.99 Å².